The van der Waals surface area contributed by atoms with E-state index in [-0.39, 0.29) is 11.7 Å². The Kier molecular flexibility index (Phi) is 5.50. The van der Waals surface area contributed by atoms with Gasteiger partial charge in [-0.3, -0.25) is 4.79 Å². The molecule has 0 aromatic heterocycles. The molecule has 1 unspecified atom stereocenters. The molecule has 2 rings (SSSR count). The van der Waals surface area contributed by atoms with Crippen molar-refractivity contribution in [3.63, 3.8) is 0 Å². The molecule has 0 spiro atoms. The number of alkyl halides is 2. The van der Waals surface area contributed by atoms with Crippen molar-refractivity contribution in [2.24, 2.45) is 0 Å². The highest BCUT2D eigenvalue weighted by atomic mass is 19.3. The van der Waals surface area contributed by atoms with Crippen molar-refractivity contribution in [1.82, 2.24) is 10.2 Å². The zero-order valence-corrected chi connectivity index (χ0v) is 12.0. The van der Waals surface area contributed by atoms with Crippen LogP contribution in [-0.2, 0) is 0 Å². The number of carbonyl (C=O) groups excluding carboxylic acids is 1. The molecule has 21 heavy (non-hydrogen) atoms. The fraction of sp³-hybridized carbons (Fsp3) is 0.533. The van der Waals surface area contributed by atoms with E-state index in [1.807, 2.05) is 6.92 Å². The standard InChI is InChI=1S/C15H20F2N2O2/c1-2-18-12-6-4-8-19(10-12)14(20)11-5-3-7-13(9-11)21-15(16)17/h3,5,7,9,12,15,18H,2,4,6,8,10H2,1H3. The van der Waals surface area contributed by atoms with Gasteiger partial charge in [-0.15, -0.1) is 0 Å². The normalized spacial score (nSPS) is 18.9. The van der Waals surface area contributed by atoms with Gasteiger partial charge in [0, 0.05) is 24.7 Å². The smallest absolute Gasteiger partial charge is 0.387 e. The van der Waals surface area contributed by atoms with Crippen LogP contribution in [0.5, 0.6) is 5.75 Å². The van der Waals surface area contributed by atoms with Crippen molar-refractivity contribution in [3.05, 3.63) is 29.8 Å². The van der Waals surface area contributed by atoms with E-state index in [2.05, 4.69) is 10.1 Å². The minimum atomic E-state index is -2.89. The molecule has 1 aliphatic rings. The number of likely N-dealkylation sites (N-methyl/N-ethyl adjacent to an activating group) is 1. The lowest BCUT2D eigenvalue weighted by molar-refractivity contribution is -0.0499. The second-order valence-corrected chi connectivity index (χ2v) is 5.05. The maximum absolute atomic E-state index is 12.4. The number of ether oxygens (including phenoxy) is 1. The number of nitrogens with one attached hydrogen (secondary N) is 1. The van der Waals surface area contributed by atoms with Crippen molar-refractivity contribution in [1.29, 1.82) is 0 Å². The zero-order valence-electron chi connectivity index (χ0n) is 12.0. The molecule has 1 amide bonds. The number of rotatable bonds is 5. The SMILES string of the molecule is CCNC1CCCN(C(=O)c2cccc(OC(F)F)c2)C1. The molecule has 1 saturated heterocycles. The highest BCUT2D eigenvalue weighted by Gasteiger charge is 2.24. The average molecular weight is 298 g/mol. The first kappa shape index (κ1) is 15.7. The molecule has 1 aromatic carbocycles. The largest absolute Gasteiger partial charge is 0.435 e. The van der Waals surface area contributed by atoms with Crippen LogP contribution in [0.15, 0.2) is 24.3 Å². The highest BCUT2D eigenvalue weighted by molar-refractivity contribution is 5.94. The second kappa shape index (κ2) is 7.36. The quantitative estimate of drug-likeness (QED) is 0.908. The number of nitrogens with zero attached hydrogens (tertiary/aromatic N) is 1. The number of carbonyl (C=O) groups is 1. The van der Waals surface area contributed by atoms with Crippen LogP contribution in [0.25, 0.3) is 0 Å². The molecule has 0 saturated carbocycles. The third-order valence-electron chi connectivity index (χ3n) is 3.51. The van der Waals surface area contributed by atoms with Crippen LogP contribution in [0.2, 0.25) is 0 Å². The van der Waals surface area contributed by atoms with Gasteiger partial charge in [0.05, 0.1) is 0 Å². The Hall–Kier alpha value is -1.69. The van der Waals surface area contributed by atoms with Gasteiger partial charge in [-0.1, -0.05) is 13.0 Å². The number of likely N-dealkylation sites (tertiary alicyclic amines) is 1. The lowest BCUT2D eigenvalue weighted by Crippen LogP contribution is -2.47. The molecule has 1 fully saturated rings. The fourth-order valence-electron chi connectivity index (χ4n) is 2.60. The fourth-order valence-corrected chi connectivity index (χ4v) is 2.60. The second-order valence-electron chi connectivity index (χ2n) is 5.05. The van der Waals surface area contributed by atoms with Gasteiger partial charge < -0.3 is 15.0 Å². The van der Waals surface area contributed by atoms with Gasteiger partial charge in [0.15, 0.2) is 0 Å². The third kappa shape index (κ3) is 4.39. The monoisotopic (exact) mass is 298 g/mol. The molecule has 6 heteroatoms. The van der Waals surface area contributed by atoms with Crippen LogP contribution in [-0.4, -0.2) is 43.1 Å². The summed E-state index contributed by atoms with van der Waals surface area (Å²) in [7, 11) is 0. The molecule has 4 nitrogen and oxygen atoms in total. The van der Waals surface area contributed by atoms with Crippen LogP contribution in [0.3, 0.4) is 0 Å². The summed E-state index contributed by atoms with van der Waals surface area (Å²) in [6.45, 7) is 1.35. The minimum absolute atomic E-state index is 0.0103. The Morgan fingerprint density at radius 1 is 1.52 bits per heavy atom. The summed E-state index contributed by atoms with van der Waals surface area (Å²) in [6.07, 6.45) is 1.99. The van der Waals surface area contributed by atoms with Crippen LogP contribution in [0.1, 0.15) is 30.1 Å². The van der Waals surface area contributed by atoms with Crippen LogP contribution in [0.4, 0.5) is 8.78 Å². The molecule has 1 atom stereocenters. The van der Waals surface area contributed by atoms with Gasteiger partial charge in [-0.05, 0) is 37.6 Å². The Balaban J connectivity index is 2.05. The topological polar surface area (TPSA) is 41.6 Å². The van der Waals surface area contributed by atoms with E-state index in [1.54, 1.807) is 17.0 Å². The number of amides is 1. The van der Waals surface area contributed by atoms with E-state index < -0.39 is 6.61 Å². The molecule has 1 heterocycles. The van der Waals surface area contributed by atoms with E-state index in [0.29, 0.717) is 24.7 Å². The third-order valence-corrected chi connectivity index (χ3v) is 3.51. The predicted octanol–water partition coefficient (Wildman–Crippen LogP) is 2.50. The average Bonchev–Trinajstić information content (AvgIpc) is 2.47. The van der Waals surface area contributed by atoms with Gasteiger partial charge in [0.2, 0.25) is 0 Å². The van der Waals surface area contributed by atoms with E-state index in [0.717, 1.165) is 19.4 Å². The van der Waals surface area contributed by atoms with Crippen molar-refractivity contribution in [3.8, 4) is 5.75 Å². The van der Waals surface area contributed by atoms with Crippen molar-refractivity contribution in [2.75, 3.05) is 19.6 Å². The first-order chi connectivity index (χ1) is 10.1. The highest BCUT2D eigenvalue weighted by Crippen LogP contribution is 2.19. The number of halogens is 2. The summed E-state index contributed by atoms with van der Waals surface area (Å²) < 4.78 is 28.8. The van der Waals surface area contributed by atoms with Gasteiger partial charge in [-0.25, -0.2) is 0 Å². The van der Waals surface area contributed by atoms with E-state index in [1.165, 1.54) is 12.1 Å². The Morgan fingerprint density at radius 3 is 3.05 bits per heavy atom. The Labute approximate surface area is 123 Å². The number of hydrogen-bond donors (Lipinski definition) is 1. The molecule has 0 radical (unpaired) electrons. The van der Waals surface area contributed by atoms with Crippen molar-refractivity contribution in [2.45, 2.75) is 32.4 Å². The van der Waals surface area contributed by atoms with E-state index in [4.69, 9.17) is 0 Å². The van der Waals surface area contributed by atoms with Crippen LogP contribution < -0.4 is 10.1 Å². The van der Waals surface area contributed by atoms with Crippen molar-refractivity contribution < 1.29 is 18.3 Å². The summed E-state index contributed by atoms with van der Waals surface area (Å²) in [5, 5.41) is 3.34. The van der Waals surface area contributed by atoms with Gasteiger partial charge in [-0.2, -0.15) is 8.78 Å². The molecule has 0 aliphatic carbocycles. The summed E-state index contributed by atoms with van der Waals surface area (Å²) in [6, 6.07) is 6.26. The summed E-state index contributed by atoms with van der Waals surface area (Å²) in [5.74, 6) is -0.131. The molecule has 1 aromatic rings. The molecule has 1 N–H and O–H groups in total. The zero-order chi connectivity index (χ0) is 15.2. The van der Waals surface area contributed by atoms with Crippen LogP contribution in [0, 0.1) is 0 Å². The molecular formula is C15H20F2N2O2. The number of benzene rings is 1. The summed E-state index contributed by atoms with van der Waals surface area (Å²) >= 11 is 0. The first-order valence-corrected chi connectivity index (χ1v) is 7.17. The predicted molar refractivity (Wildman–Crippen MR) is 75.7 cm³/mol. The van der Waals surface area contributed by atoms with Gasteiger partial charge in [0.25, 0.3) is 5.91 Å². The molecule has 116 valence electrons. The maximum atomic E-state index is 12.4. The van der Waals surface area contributed by atoms with Crippen LogP contribution >= 0.6 is 0 Å². The van der Waals surface area contributed by atoms with Crippen molar-refractivity contribution >= 4 is 5.91 Å². The molecular weight excluding hydrogens is 278 g/mol. The lowest BCUT2D eigenvalue weighted by Gasteiger charge is -2.33. The van der Waals surface area contributed by atoms with E-state index in [9.17, 15) is 13.6 Å². The Morgan fingerprint density at radius 2 is 2.33 bits per heavy atom. The molecule has 1 aliphatic heterocycles. The minimum Gasteiger partial charge on any atom is -0.435 e. The Bertz CT molecular complexity index is 480. The lowest BCUT2D eigenvalue weighted by atomic mass is 10.0. The number of piperidine rings is 1. The first-order valence-electron chi connectivity index (χ1n) is 7.17. The molecule has 0 bridgehead atoms. The number of hydrogen-bond acceptors (Lipinski definition) is 3. The van der Waals surface area contributed by atoms with Gasteiger partial charge in [0.1, 0.15) is 5.75 Å². The maximum Gasteiger partial charge on any atom is 0.387 e. The summed E-state index contributed by atoms with van der Waals surface area (Å²) in [5.41, 5.74) is 0.380. The van der Waals surface area contributed by atoms with E-state index >= 15 is 0 Å². The summed E-state index contributed by atoms with van der Waals surface area (Å²) in [4.78, 5) is 14.2. The van der Waals surface area contributed by atoms with Gasteiger partial charge >= 0.3 is 6.61 Å².